The Morgan fingerprint density at radius 1 is 1.40 bits per heavy atom. The summed E-state index contributed by atoms with van der Waals surface area (Å²) in [6.45, 7) is 1.96. The van der Waals surface area contributed by atoms with Crippen molar-refractivity contribution in [2.24, 2.45) is 16.9 Å². The molecule has 1 heterocycles. The van der Waals surface area contributed by atoms with Crippen molar-refractivity contribution in [1.29, 1.82) is 0 Å². The van der Waals surface area contributed by atoms with Gasteiger partial charge in [0.1, 0.15) is 0 Å². The Balaban J connectivity index is 1.49. The average Bonchev–Trinajstić information content (AvgIpc) is 3.01. The van der Waals surface area contributed by atoms with Crippen molar-refractivity contribution in [3.8, 4) is 0 Å². The molecular weight excluding hydrogens is 268 g/mol. The Hall–Kier alpha value is -1.75. The zero-order chi connectivity index (χ0) is 13.9. The summed E-state index contributed by atoms with van der Waals surface area (Å²) in [5.41, 5.74) is 4.66. The van der Waals surface area contributed by atoms with Gasteiger partial charge in [-0.25, -0.2) is 0 Å². The first-order valence-electron chi connectivity index (χ1n) is 6.92. The van der Waals surface area contributed by atoms with Gasteiger partial charge in [-0.2, -0.15) is 5.10 Å². The molecule has 1 aromatic rings. The van der Waals surface area contributed by atoms with Gasteiger partial charge in [-0.15, -0.1) is 0 Å². The molecule has 0 amide bonds. The average molecular weight is 286 g/mol. The highest BCUT2D eigenvalue weighted by Crippen LogP contribution is 2.38. The fourth-order valence-electron chi connectivity index (χ4n) is 2.94. The number of hydrogen-bond donors (Lipinski definition) is 2. The molecule has 3 atom stereocenters. The van der Waals surface area contributed by atoms with Crippen LogP contribution in [0.4, 0.5) is 0 Å². The van der Waals surface area contributed by atoms with Gasteiger partial charge >= 0.3 is 0 Å². The van der Waals surface area contributed by atoms with Crippen LogP contribution in [0.2, 0.25) is 0 Å². The summed E-state index contributed by atoms with van der Waals surface area (Å²) in [6, 6.07) is 6.29. The predicted molar refractivity (Wildman–Crippen MR) is 84.6 cm³/mol. The highest BCUT2D eigenvalue weighted by Gasteiger charge is 2.35. The molecule has 5 heteroatoms. The van der Waals surface area contributed by atoms with E-state index in [1.807, 2.05) is 25.1 Å². The normalized spacial score (nSPS) is 27.1. The molecule has 1 fully saturated rings. The number of fused-ring (bicyclic) bond motifs is 2. The van der Waals surface area contributed by atoms with E-state index in [1.165, 1.54) is 12.8 Å². The van der Waals surface area contributed by atoms with Crippen LogP contribution < -0.4 is 10.7 Å². The lowest BCUT2D eigenvalue weighted by atomic mass is 10.0. The van der Waals surface area contributed by atoms with Crippen LogP contribution in [-0.4, -0.2) is 22.4 Å². The van der Waals surface area contributed by atoms with Crippen molar-refractivity contribution in [2.75, 3.05) is 0 Å². The molecule has 0 aromatic carbocycles. The topological polar surface area (TPSA) is 49.3 Å². The third kappa shape index (κ3) is 3.04. The number of thiocarbonyl (C=S) groups is 1. The second-order valence-corrected chi connectivity index (χ2v) is 5.84. The summed E-state index contributed by atoms with van der Waals surface area (Å²) in [5, 5.41) is 8.05. The molecule has 20 heavy (non-hydrogen) atoms. The number of aromatic nitrogens is 1. The second-order valence-electron chi connectivity index (χ2n) is 5.43. The van der Waals surface area contributed by atoms with Crippen molar-refractivity contribution in [3.05, 3.63) is 41.7 Å². The van der Waals surface area contributed by atoms with Crippen LogP contribution in [0.3, 0.4) is 0 Å². The van der Waals surface area contributed by atoms with Crippen LogP contribution >= 0.6 is 12.2 Å². The number of aryl methyl sites for hydroxylation is 1. The van der Waals surface area contributed by atoms with E-state index in [1.54, 1.807) is 6.21 Å². The monoisotopic (exact) mass is 286 g/mol. The van der Waals surface area contributed by atoms with Crippen LogP contribution in [0, 0.1) is 18.8 Å². The molecule has 2 N–H and O–H groups in total. The van der Waals surface area contributed by atoms with Crippen molar-refractivity contribution in [2.45, 2.75) is 25.8 Å². The van der Waals surface area contributed by atoms with E-state index in [4.69, 9.17) is 12.2 Å². The Kier molecular flexibility index (Phi) is 3.78. The highest BCUT2D eigenvalue weighted by atomic mass is 32.1. The van der Waals surface area contributed by atoms with E-state index in [0.29, 0.717) is 17.1 Å². The molecule has 0 aliphatic heterocycles. The molecule has 0 spiro atoms. The van der Waals surface area contributed by atoms with Crippen molar-refractivity contribution in [1.82, 2.24) is 15.7 Å². The van der Waals surface area contributed by atoms with Crippen LogP contribution in [0.5, 0.6) is 0 Å². The maximum Gasteiger partial charge on any atom is 0.187 e. The minimum Gasteiger partial charge on any atom is -0.358 e. The Labute approximate surface area is 124 Å². The Morgan fingerprint density at radius 2 is 2.30 bits per heavy atom. The van der Waals surface area contributed by atoms with Gasteiger partial charge in [0.2, 0.25) is 0 Å². The maximum atomic E-state index is 5.27. The predicted octanol–water partition coefficient (Wildman–Crippen LogP) is 2.15. The minimum atomic E-state index is 0.456. The van der Waals surface area contributed by atoms with Gasteiger partial charge in [-0.1, -0.05) is 18.2 Å². The van der Waals surface area contributed by atoms with E-state index in [2.05, 4.69) is 33.0 Å². The SMILES string of the molecule is Cc1cccc(C=NNC(=S)NC2CC3C=CC2C3)n1. The van der Waals surface area contributed by atoms with Gasteiger partial charge in [0, 0.05) is 11.7 Å². The molecule has 1 aromatic heterocycles. The van der Waals surface area contributed by atoms with Crippen molar-refractivity contribution >= 4 is 23.5 Å². The molecule has 2 aliphatic rings. The Morgan fingerprint density at radius 3 is 3.00 bits per heavy atom. The van der Waals surface area contributed by atoms with Crippen molar-refractivity contribution < 1.29 is 0 Å². The lowest BCUT2D eigenvalue weighted by Crippen LogP contribution is -2.42. The number of allylic oxidation sites excluding steroid dienone is 1. The standard InChI is InChI=1S/C15H18N4S/c1-10-3-2-4-13(17-10)9-16-19-15(20)18-14-8-11-5-6-12(14)7-11/h2-6,9,11-12,14H,7-8H2,1H3,(H2,18,19,20). The maximum absolute atomic E-state index is 5.27. The first kappa shape index (κ1) is 13.2. The summed E-state index contributed by atoms with van der Waals surface area (Å²) in [4.78, 5) is 4.34. The van der Waals surface area contributed by atoms with Crippen molar-refractivity contribution in [3.63, 3.8) is 0 Å². The summed E-state index contributed by atoms with van der Waals surface area (Å²) in [6.07, 6.45) is 8.74. The summed E-state index contributed by atoms with van der Waals surface area (Å²) in [7, 11) is 0. The number of hydrazone groups is 1. The smallest absolute Gasteiger partial charge is 0.187 e. The van der Waals surface area contributed by atoms with E-state index < -0.39 is 0 Å². The van der Waals surface area contributed by atoms with Crippen LogP contribution in [0.25, 0.3) is 0 Å². The molecule has 3 rings (SSSR count). The number of pyridine rings is 1. The van der Waals surface area contributed by atoms with Crippen LogP contribution in [0.15, 0.2) is 35.5 Å². The van der Waals surface area contributed by atoms with E-state index in [-0.39, 0.29) is 0 Å². The van der Waals surface area contributed by atoms with Gasteiger partial charge in [0.05, 0.1) is 11.9 Å². The first-order valence-corrected chi connectivity index (χ1v) is 7.33. The van der Waals surface area contributed by atoms with Gasteiger partial charge in [-0.3, -0.25) is 10.4 Å². The minimum absolute atomic E-state index is 0.456. The quantitative estimate of drug-likeness (QED) is 0.387. The fourth-order valence-corrected chi connectivity index (χ4v) is 3.14. The van der Waals surface area contributed by atoms with E-state index >= 15 is 0 Å². The molecular formula is C15H18N4S. The zero-order valence-electron chi connectivity index (χ0n) is 11.4. The molecule has 2 bridgehead atoms. The fraction of sp³-hybridized carbons (Fsp3) is 0.400. The zero-order valence-corrected chi connectivity index (χ0v) is 12.2. The highest BCUT2D eigenvalue weighted by molar-refractivity contribution is 7.80. The third-order valence-electron chi connectivity index (χ3n) is 3.87. The molecule has 1 saturated carbocycles. The van der Waals surface area contributed by atoms with Crippen LogP contribution in [-0.2, 0) is 0 Å². The van der Waals surface area contributed by atoms with Gasteiger partial charge in [-0.05, 0) is 56.0 Å². The Bertz CT molecular complexity index is 567. The molecule has 2 aliphatic carbocycles. The number of hydrogen-bond acceptors (Lipinski definition) is 3. The second kappa shape index (κ2) is 5.71. The number of nitrogens with one attached hydrogen (secondary N) is 2. The first-order chi connectivity index (χ1) is 9.70. The molecule has 0 saturated heterocycles. The lowest BCUT2D eigenvalue weighted by Gasteiger charge is -2.20. The third-order valence-corrected chi connectivity index (χ3v) is 4.08. The summed E-state index contributed by atoms with van der Waals surface area (Å²) in [5.74, 6) is 1.36. The lowest BCUT2D eigenvalue weighted by molar-refractivity contribution is 0.521. The summed E-state index contributed by atoms with van der Waals surface area (Å²) < 4.78 is 0. The van der Waals surface area contributed by atoms with Gasteiger partial charge < -0.3 is 5.32 Å². The molecule has 4 nitrogen and oxygen atoms in total. The van der Waals surface area contributed by atoms with Gasteiger partial charge in [0.25, 0.3) is 0 Å². The number of rotatable bonds is 3. The largest absolute Gasteiger partial charge is 0.358 e. The van der Waals surface area contributed by atoms with Gasteiger partial charge in [0.15, 0.2) is 5.11 Å². The molecule has 0 radical (unpaired) electrons. The molecule has 3 unspecified atom stereocenters. The number of nitrogens with zero attached hydrogens (tertiary/aromatic N) is 2. The van der Waals surface area contributed by atoms with E-state index in [0.717, 1.165) is 17.3 Å². The molecule has 104 valence electrons. The summed E-state index contributed by atoms with van der Waals surface area (Å²) >= 11 is 5.27. The van der Waals surface area contributed by atoms with E-state index in [9.17, 15) is 0 Å². The van der Waals surface area contributed by atoms with Crippen LogP contribution in [0.1, 0.15) is 24.2 Å².